The number of piperazine rings is 1. The third-order valence-corrected chi connectivity index (χ3v) is 8.34. The van der Waals surface area contributed by atoms with Crippen LogP contribution in [0.4, 0.5) is 24.5 Å². The molecule has 202 valence electrons. The van der Waals surface area contributed by atoms with Gasteiger partial charge in [0, 0.05) is 31.9 Å². The molecule has 7 nitrogen and oxygen atoms in total. The van der Waals surface area contributed by atoms with Gasteiger partial charge in [-0.1, -0.05) is 29.8 Å². The smallest absolute Gasteiger partial charge is 0.417 e. The first-order chi connectivity index (χ1) is 18.0. The van der Waals surface area contributed by atoms with E-state index in [1.54, 1.807) is 13.2 Å². The van der Waals surface area contributed by atoms with Crippen molar-refractivity contribution in [1.29, 1.82) is 0 Å². The normalized spacial score (nSPS) is 14.3. The highest BCUT2D eigenvalue weighted by atomic mass is 35.5. The van der Waals surface area contributed by atoms with Gasteiger partial charge in [0.05, 0.1) is 28.3 Å². The number of benzene rings is 3. The molecule has 0 saturated carbocycles. The molecular formula is C26H25ClF3N3O4S. The summed E-state index contributed by atoms with van der Waals surface area (Å²) < 4.78 is 73.5. The lowest BCUT2D eigenvalue weighted by Gasteiger charge is -2.37. The van der Waals surface area contributed by atoms with Gasteiger partial charge in [-0.15, -0.1) is 0 Å². The molecule has 38 heavy (non-hydrogen) atoms. The first-order valence-corrected chi connectivity index (χ1v) is 13.4. The molecule has 1 aliphatic heterocycles. The molecule has 0 N–H and O–H groups in total. The van der Waals surface area contributed by atoms with Crippen LogP contribution in [-0.2, 0) is 21.0 Å². The number of halogens is 4. The minimum absolute atomic E-state index is 0.152. The van der Waals surface area contributed by atoms with Gasteiger partial charge in [-0.25, -0.2) is 8.42 Å². The van der Waals surface area contributed by atoms with Crippen molar-refractivity contribution in [1.82, 2.24) is 4.90 Å². The molecule has 12 heteroatoms. The van der Waals surface area contributed by atoms with Crippen molar-refractivity contribution >= 4 is 38.9 Å². The number of alkyl halides is 3. The number of hydrogen-bond donors (Lipinski definition) is 0. The number of carbonyl (C=O) groups excluding carboxylic acids is 1. The van der Waals surface area contributed by atoms with Crippen molar-refractivity contribution in [2.75, 3.05) is 49.0 Å². The highest BCUT2D eigenvalue weighted by molar-refractivity contribution is 7.92. The van der Waals surface area contributed by atoms with Gasteiger partial charge >= 0.3 is 6.18 Å². The first-order valence-electron chi connectivity index (χ1n) is 11.6. The predicted octanol–water partition coefficient (Wildman–Crippen LogP) is 4.91. The molecule has 0 unspecified atom stereocenters. The molecule has 0 bridgehead atoms. The Morgan fingerprint density at radius 3 is 2.18 bits per heavy atom. The van der Waals surface area contributed by atoms with Crippen LogP contribution >= 0.6 is 11.6 Å². The highest BCUT2D eigenvalue weighted by Crippen LogP contribution is 2.38. The zero-order valence-corrected chi connectivity index (χ0v) is 21.9. The van der Waals surface area contributed by atoms with Crippen molar-refractivity contribution in [2.45, 2.75) is 11.1 Å². The van der Waals surface area contributed by atoms with Crippen LogP contribution in [0, 0.1) is 0 Å². The molecule has 0 atom stereocenters. The molecule has 1 saturated heterocycles. The van der Waals surface area contributed by atoms with E-state index in [0.717, 1.165) is 23.6 Å². The fourth-order valence-corrected chi connectivity index (χ4v) is 5.80. The monoisotopic (exact) mass is 567 g/mol. The van der Waals surface area contributed by atoms with Crippen LogP contribution in [0.1, 0.15) is 5.56 Å². The molecule has 0 spiro atoms. The molecular weight excluding hydrogens is 543 g/mol. The van der Waals surface area contributed by atoms with E-state index in [1.807, 2.05) is 24.3 Å². The second kappa shape index (κ2) is 11.1. The van der Waals surface area contributed by atoms with E-state index in [4.69, 9.17) is 16.3 Å². The van der Waals surface area contributed by atoms with E-state index in [2.05, 4.69) is 4.90 Å². The topological polar surface area (TPSA) is 70.2 Å². The summed E-state index contributed by atoms with van der Waals surface area (Å²) in [7, 11) is -2.79. The predicted molar refractivity (Wildman–Crippen MR) is 139 cm³/mol. The van der Waals surface area contributed by atoms with E-state index in [0.29, 0.717) is 36.6 Å². The first kappa shape index (κ1) is 27.6. The fraction of sp³-hybridized carbons (Fsp3) is 0.269. The summed E-state index contributed by atoms with van der Waals surface area (Å²) in [6.45, 7) is 0.973. The molecule has 4 rings (SSSR count). The van der Waals surface area contributed by atoms with Gasteiger partial charge < -0.3 is 14.5 Å². The van der Waals surface area contributed by atoms with Crippen LogP contribution in [0.3, 0.4) is 0 Å². The molecule has 0 aromatic heterocycles. The molecule has 1 fully saturated rings. The van der Waals surface area contributed by atoms with Gasteiger partial charge in [-0.2, -0.15) is 13.2 Å². The number of rotatable bonds is 7. The molecule has 0 aliphatic carbocycles. The molecule has 3 aromatic rings. The van der Waals surface area contributed by atoms with Gasteiger partial charge in [0.2, 0.25) is 5.91 Å². The minimum atomic E-state index is -4.81. The Morgan fingerprint density at radius 2 is 1.61 bits per heavy atom. The lowest BCUT2D eigenvalue weighted by atomic mass is 10.2. The zero-order chi connectivity index (χ0) is 27.5. The van der Waals surface area contributed by atoms with Crippen molar-refractivity contribution in [3.05, 3.63) is 83.4 Å². The van der Waals surface area contributed by atoms with Crippen molar-refractivity contribution in [2.24, 2.45) is 0 Å². The number of anilines is 2. The zero-order valence-electron chi connectivity index (χ0n) is 20.4. The molecule has 1 heterocycles. The molecule has 0 radical (unpaired) electrons. The van der Waals surface area contributed by atoms with E-state index in [9.17, 15) is 26.4 Å². The van der Waals surface area contributed by atoms with Crippen molar-refractivity contribution in [3.63, 3.8) is 0 Å². The Labute approximate surface area is 224 Å². The summed E-state index contributed by atoms with van der Waals surface area (Å²) >= 11 is 5.75. The lowest BCUT2D eigenvalue weighted by molar-refractivity contribution is -0.137. The van der Waals surface area contributed by atoms with Crippen LogP contribution in [0.5, 0.6) is 5.75 Å². The largest absolute Gasteiger partial charge is 0.497 e. The second-order valence-corrected chi connectivity index (χ2v) is 10.8. The number of methoxy groups -OCH3 is 1. The van der Waals surface area contributed by atoms with Gasteiger partial charge in [0.25, 0.3) is 10.0 Å². The molecule has 1 amide bonds. The summed E-state index contributed by atoms with van der Waals surface area (Å²) in [5, 5.41) is -0.570. The third kappa shape index (κ3) is 5.99. The van der Waals surface area contributed by atoms with E-state index >= 15 is 0 Å². The fourth-order valence-electron chi connectivity index (χ4n) is 4.15. The van der Waals surface area contributed by atoms with Gasteiger partial charge in [-0.05, 0) is 54.6 Å². The Kier molecular flexibility index (Phi) is 8.08. The Balaban J connectivity index is 1.58. The summed E-state index contributed by atoms with van der Waals surface area (Å²) in [5.74, 6) is 0.195. The van der Waals surface area contributed by atoms with Gasteiger partial charge in [0.1, 0.15) is 12.3 Å². The van der Waals surface area contributed by atoms with Crippen LogP contribution in [-0.4, -0.2) is 59.1 Å². The maximum Gasteiger partial charge on any atom is 0.417 e. The van der Waals surface area contributed by atoms with Crippen LogP contribution in [0.25, 0.3) is 0 Å². The number of carbonyl (C=O) groups is 1. The maximum atomic E-state index is 13.5. The van der Waals surface area contributed by atoms with Gasteiger partial charge in [-0.3, -0.25) is 9.10 Å². The van der Waals surface area contributed by atoms with Crippen LogP contribution < -0.4 is 13.9 Å². The summed E-state index contributed by atoms with van der Waals surface area (Å²) in [4.78, 5) is 16.7. The maximum absolute atomic E-state index is 13.5. The Hall–Kier alpha value is -3.44. The van der Waals surface area contributed by atoms with Crippen molar-refractivity contribution < 1.29 is 31.1 Å². The number of ether oxygens (including phenoxy) is 1. The summed E-state index contributed by atoms with van der Waals surface area (Å²) in [5.41, 5.74) is -0.548. The Morgan fingerprint density at radius 1 is 0.974 bits per heavy atom. The second-order valence-electron chi connectivity index (χ2n) is 8.55. The average molecular weight is 568 g/mol. The number of sulfonamides is 1. The third-order valence-electron chi connectivity index (χ3n) is 6.22. The highest BCUT2D eigenvalue weighted by Gasteiger charge is 2.36. The van der Waals surface area contributed by atoms with Crippen LogP contribution in [0.15, 0.2) is 77.7 Å². The molecule has 3 aromatic carbocycles. The quantitative estimate of drug-likeness (QED) is 0.406. The van der Waals surface area contributed by atoms with E-state index in [-0.39, 0.29) is 10.6 Å². The number of amides is 1. The summed E-state index contributed by atoms with van der Waals surface area (Å²) in [6, 6.07) is 17.5. The SMILES string of the molecule is COc1ccc(N2CCN(C(=O)CN(c3ccc(Cl)c(C(F)(F)F)c3)S(=O)(=O)c3ccccc3)CC2)cc1. The van der Waals surface area contributed by atoms with Gasteiger partial charge in [0.15, 0.2) is 0 Å². The van der Waals surface area contributed by atoms with E-state index in [1.165, 1.54) is 29.2 Å². The van der Waals surface area contributed by atoms with Crippen LogP contribution in [0.2, 0.25) is 5.02 Å². The lowest BCUT2D eigenvalue weighted by Crippen LogP contribution is -2.52. The average Bonchev–Trinajstić information content (AvgIpc) is 2.92. The Bertz CT molecular complexity index is 1380. The summed E-state index contributed by atoms with van der Waals surface area (Å²) in [6.07, 6.45) is -4.81. The minimum Gasteiger partial charge on any atom is -0.497 e. The van der Waals surface area contributed by atoms with Crippen molar-refractivity contribution in [3.8, 4) is 5.75 Å². The van der Waals surface area contributed by atoms with E-state index < -0.39 is 39.2 Å². The molecule has 1 aliphatic rings. The standard InChI is InChI=1S/C26H25ClF3N3O4S/c1-37-21-10-7-19(8-11-21)31-13-15-32(16-14-31)25(34)18-33(38(35,36)22-5-3-2-4-6-22)20-9-12-24(27)23(17-20)26(28,29)30/h2-12,17H,13-16,18H2,1H3. The number of hydrogen-bond acceptors (Lipinski definition) is 5. The number of nitrogens with zero attached hydrogens (tertiary/aromatic N) is 3.